The van der Waals surface area contributed by atoms with Crippen LogP contribution in [0.4, 0.5) is 0 Å². The van der Waals surface area contributed by atoms with Crippen molar-refractivity contribution in [2.24, 2.45) is 0 Å². The van der Waals surface area contributed by atoms with Crippen LogP contribution >= 0.6 is 22.9 Å². The van der Waals surface area contributed by atoms with E-state index in [1.807, 2.05) is 67.0 Å². The van der Waals surface area contributed by atoms with E-state index in [-0.39, 0.29) is 18.2 Å². The van der Waals surface area contributed by atoms with Gasteiger partial charge in [0.15, 0.2) is 0 Å². The molecule has 4 aromatic rings. The average molecular weight is 524 g/mol. The smallest absolute Gasteiger partial charge is 0.247 e. The van der Waals surface area contributed by atoms with Crippen molar-refractivity contribution < 1.29 is 14.3 Å². The lowest BCUT2D eigenvalue weighted by Gasteiger charge is -2.31. The monoisotopic (exact) mass is 523 g/mol. The van der Waals surface area contributed by atoms with Crippen LogP contribution in [0.1, 0.15) is 35.4 Å². The number of aromatic nitrogens is 1. The molecule has 0 saturated carbocycles. The summed E-state index contributed by atoms with van der Waals surface area (Å²) in [5.74, 6) is -0.352. The number of hydrogen-bond acceptors (Lipinski definition) is 4. The van der Waals surface area contributed by atoms with Crippen molar-refractivity contribution in [3.63, 3.8) is 0 Å². The Kier molecular flexibility index (Phi) is 9.17. The number of rotatable bonds is 12. The number of H-pyrrole nitrogens is 1. The number of carbonyl (C=O) groups excluding carboxylic acids is 2. The molecular formula is C28H30ClN3O3S. The van der Waals surface area contributed by atoms with Crippen molar-refractivity contribution in [1.29, 1.82) is 0 Å². The van der Waals surface area contributed by atoms with E-state index in [0.717, 1.165) is 21.3 Å². The third-order valence-corrected chi connectivity index (χ3v) is 7.07. The van der Waals surface area contributed by atoms with Crippen LogP contribution in [0.3, 0.4) is 0 Å². The van der Waals surface area contributed by atoms with Crippen LogP contribution in [0, 0.1) is 0 Å². The lowest BCUT2D eigenvalue weighted by Crippen LogP contribution is -2.44. The molecular weight excluding hydrogens is 494 g/mol. The maximum absolute atomic E-state index is 13.9. The Morgan fingerprint density at radius 2 is 1.92 bits per heavy atom. The second-order valence-electron chi connectivity index (χ2n) is 8.43. The predicted octanol–water partition coefficient (Wildman–Crippen LogP) is 5.74. The number of fused-ring (bicyclic) bond motifs is 1. The Hall–Kier alpha value is -3.13. The van der Waals surface area contributed by atoms with Crippen LogP contribution < -0.4 is 5.32 Å². The Balaban J connectivity index is 1.64. The lowest BCUT2D eigenvalue weighted by molar-refractivity contribution is -0.141. The minimum absolute atomic E-state index is 0.127. The highest BCUT2D eigenvalue weighted by Crippen LogP contribution is 2.28. The van der Waals surface area contributed by atoms with Gasteiger partial charge in [0.1, 0.15) is 6.04 Å². The zero-order valence-electron chi connectivity index (χ0n) is 20.2. The van der Waals surface area contributed by atoms with Gasteiger partial charge in [-0.15, -0.1) is 11.3 Å². The van der Waals surface area contributed by atoms with E-state index in [1.54, 1.807) is 28.4 Å². The Bertz CT molecular complexity index is 1270. The summed E-state index contributed by atoms with van der Waals surface area (Å²) in [7, 11) is 0. The van der Waals surface area contributed by atoms with Crippen LogP contribution in [0.5, 0.6) is 0 Å². The van der Waals surface area contributed by atoms with Crippen molar-refractivity contribution in [3.05, 3.63) is 93.3 Å². The fourth-order valence-electron chi connectivity index (χ4n) is 4.18. The van der Waals surface area contributed by atoms with Gasteiger partial charge in [0.05, 0.1) is 13.0 Å². The van der Waals surface area contributed by atoms with Gasteiger partial charge in [-0.1, -0.05) is 48.0 Å². The first-order valence-electron chi connectivity index (χ1n) is 12.0. The SMILES string of the molecule is CCOCCCNC(=O)C(c1ccc(Cl)cc1)N(Cc1cccs1)C(=O)Cc1c[nH]c2ccccc12. The van der Waals surface area contributed by atoms with Crippen molar-refractivity contribution in [3.8, 4) is 0 Å². The molecule has 4 rings (SSSR count). The molecule has 36 heavy (non-hydrogen) atoms. The van der Waals surface area contributed by atoms with Crippen LogP contribution in [0.25, 0.3) is 10.9 Å². The highest BCUT2D eigenvalue weighted by molar-refractivity contribution is 7.09. The second kappa shape index (κ2) is 12.7. The molecule has 2 amide bonds. The zero-order chi connectivity index (χ0) is 25.3. The molecule has 0 radical (unpaired) electrons. The maximum Gasteiger partial charge on any atom is 0.247 e. The van der Waals surface area contributed by atoms with E-state index >= 15 is 0 Å². The molecule has 0 fully saturated rings. The van der Waals surface area contributed by atoms with E-state index in [1.165, 1.54) is 0 Å². The summed E-state index contributed by atoms with van der Waals surface area (Å²) >= 11 is 7.70. The fourth-order valence-corrected chi connectivity index (χ4v) is 5.01. The molecule has 2 aromatic carbocycles. The summed E-state index contributed by atoms with van der Waals surface area (Å²) in [5.41, 5.74) is 2.59. The summed E-state index contributed by atoms with van der Waals surface area (Å²) in [4.78, 5) is 33.4. The lowest BCUT2D eigenvalue weighted by atomic mass is 10.0. The largest absolute Gasteiger partial charge is 0.382 e. The number of para-hydroxylation sites is 1. The number of carbonyl (C=O) groups is 2. The minimum atomic E-state index is -0.797. The Labute approximate surface area is 220 Å². The molecule has 2 aromatic heterocycles. The Morgan fingerprint density at radius 3 is 2.67 bits per heavy atom. The molecule has 0 aliphatic carbocycles. The third kappa shape index (κ3) is 6.55. The van der Waals surface area contributed by atoms with Crippen molar-refractivity contribution >= 4 is 45.7 Å². The number of nitrogens with one attached hydrogen (secondary N) is 2. The predicted molar refractivity (Wildman–Crippen MR) is 145 cm³/mol. The minimum Gasteiger partial charge on any atom is -0.382 e. The fraction of sp³-hybridized carbons (Fsp3) is 0.286. The first-order chi connectivity index (χ1) is 17.6. The molecule has 0 aliphatic heterocycles. The van der Waals surface area contributed by atoms with Crippen LogP contribution in [0.2, 0.25) is 5.02 Å². The molecule has 1 unspecified atom stereocenters. The van der Waals surface area contributed by atoms with Crippen LogP contribution in [0.15, 0.2) is 72.2 Å². The van der Waals surface area contributed by atoms with E-state index < -0.39 is 6.04 Å². The highest BCUT2D eigenvalue weighted by atomic mass is 35.5. The number of halogens is 1. The summed E-state index contributed by atoms with van der Waals surface area (Å²) in [5, 5.41) is 6.56. The standard InChI is InChI=1S/C28H30ClN3O3S/c1-2-35-15-6-14-30-28(34)27(20-10-12-22(29)13-11-20)32(19-23-7-5-16-36-23)26(33)17-21-18-31-25-9-4-3-8-24(21)25/h3-5,7-13,16,18,27,31H,2,6,14-15,17,19H2,1H3,(H,30,34). The summed E-state index contributed by atoms with van der Waals surface area (Å²) in [6.07, 6.45) is 2.75. The summed E-state index contributed by atoms with van der Waals surface area (Å²) in [6.45, 7) is 3.95. The molecule has 2 heterocycles. The number of aromatic amines is 1. The highest BCUT2D eigenvalue weighted by Gasteiger charge is 2.32. The van der Waals surface area contributed by atoms with E-state index in [4.69, 9.17) is 16.3 Å². The van der Waals surface area contributed by atoms with Gasteiger partial charge in [0.2, 0.25) is 11.8 Å². The molecule has 2 N–H and O–H groups in total. The molecule has 0 spiro atoms. The van der Waals surface area contributed by atoms with Crippen LogP contribution in [-0.4, -0.2) is 41.5 Å². The number of thiophene rings is 1. The van der Waals surface area contributed by atoms with Gasteiger partial charge in [-0.25, -0.2) is 0 Å². The number of benzene rings is 2. The first kappa shape index (κ1) is 25.9. The van der Waals surface area contributed by atoms with Crippen LogP contribution in [-0.2, 0) is 27.3 Å². The van der Waals surface area contributed by atoms with E-state index in [2.05, 4.69) is 10.3 Å². The quantitative estimate of drug-likeness (QED) is 0.233. The van der Waals surface area contributed by atoms with E-state index in [0.29, 0.717) is 43.3 Å². The van der Waals surface area contributed by atoms with Gasteiger partial charge in [0, 0.05) is 46.8 Å². The summed E-state index contributed by atoms with van der Waals surface area (Å²) < 4.78 is 5.39. The molecule has 0 aliphatic rings. The first-order valence-corrected chi connectivity index (χ1v) is 13.3. The maximum atomic E-state index is 13.9. The average Bonchev–Trinajstić information content (AvgIpc) is 3.55. The number of ether oxygens (including phenoxy) is 1. The Morgan fingerprint density at radius 1 is 1.11 bits per heavy atom. The number of hydrogen-bond donors (Lipinski definition) is 2. The molecule has 0 bridgehead atoms. The number of nitrogens with zero attached hydrogens (tertiary/aromatic N) is 1. The van der Waals surface area contributed by atoms with Gasteiger partial charge in [-0.2, -0.15) is 0 Å². The molecule has 6 nitrogen and oxygen atoms in total. The number of amides is 2. The van der Waals surface area contributed by atoms with E-state index in [9.17, 15) is 9.59 Å². The molecule has 1 atom stereocenters. The van der Waals surface area contributed by atoms with Gasteiger partial charge in [0.25, 0.3) is 0 Å². The summed E-state index contributed by atoms with van der Waals surface area (Å²) in [6, 6.07) is 18.2. The van der Waals surface area contributed by atoms with Crippen molar-refractivity contribution in [1.82, 2.24) is 15.2 Å². The normalized spacial score (nSPS) is 11.9. The van der Waals surface area contributed by atoms with Gasteiger partial charge < -0.3 is 19.9 Å². The molecule has 0 saturated heterocycles. The van der Waals surface area contributed by atoms with Gasteiger partial charge >= 0.3 is 0 Å². The van der Waals surface area contributed by atoms with Gasteiger partial charge in [-0.3, -0.25) is 9.59 Å². The molecule has 8 heteroatoms. The second-order valence-corrected chi connectivity index (χ2v) is 9.90. The zero-order valence-corrected chi connectivity index (χ0v) is 21.8. The van der Waals surface area contributed by atoms with Crippen molar-refractivity contribution in [2.75, 3.05) is 19.8 Å². The third-order valence-electron chi connectivity index (χ3n) is 5.96. The topological polar surface area (TPSA) is 74.4 Å². The van der Waals surface area contributed by atoms with Crippen molar-refractivity contribution in [2.45, 2.75) is 32.4 Å². The van der Waals surface area contributed by atoms with Gasteiger partial charge in [-0.05, 0) is 54.1 Å². The molecule has 188 valence electrons.